The number of hydrogen-bond donors (Lipinski definition) is 2. The molecule has 0 aliphatic carbocycles. The molecule has 0 unspecified atom stereocenters. The van der Waals surface area contributed by atoms with Gasteiger partial charge < -0.3 is 10.6 Å². The van der Waals surface area contributed by atoms with Gasteiger partial charge in [0.25, 0.3) is 0 Å². The third-order valence-electron chi connectivity index (χ3n) is 0.957. The van der Waals surface area contributed by atoms with E-state index in [1.807, 2.05) is 0 Å². The molecule has 1 fully saturated rings. The highest BCUT2D eigenvalue weighted by molar-refractivity contribution is 5.85. The lowest BCUT2D eigenvalue weighted by Gasteiger charge is -2.11. The van der Waals surface area contributed by atoms with E-state index < -0.39 is 0 Å². The third-order valence-corrected chi connectivity index (χ3v) is 0.957. The van der Waals surface area contributed by atoms with E-state index in [1.165, 1.54) is 0 Å². The number of rotatable bonds is 0. The minimum atomic E-state index is 0. The first-order chi connectivity index (χ1) is 3.00. The number of piperazine rings is 1. The summed E-state index contributed by atoms with van der Waals surface area (Å²) >= 11 is 0. The van der Waals surface area contributed by atoms with Crippen molar-refractivity contribution >= 4 is 24.8 Å². The lowest BCUT2D eigenvalue weighted by atomic mass is 11.4. The molecule has 0 amide bonds. The van der Waals surface area contributed by atoms with E-state index in [1.54, 1.807) is 0 Å². The van der Waals surface area contributed by atoms with Crippen LogP contribution in [0.15, 0.2) is 0 Å². The summed E-state index contributed by atoms with van der Waals surface area (Å²) in [7, 11) is 0. The minimum Gasteiger partial charge on any atom is -0.314 e. The van der Waals surface area contributed by atoms with Crippen molar-refractivity contribution in [3.05, 3.63) is 0 Å². The molecule has 0 radical (unpaired) electrons. The second-order valence-electron chi connectivity index (χ2n) is 1.50. The van der Waals surface area contributed by atoms with Gasteiger partial charge in [0.2, 0.25) is 0 Å². The molecule has 1 heterocycles. The Morgan fingerprint density at radius 1 is 0.625 bits per heavy atom. The van der Waals surface area contributed by atoms with Gasteiger partial charge in [-0.05, 0) is 0 Å². The summed E-state index contributed by atoms with van der Waals surface area (Å²) in [5.41, 5.74) is 0. The predicted molar refractivity (Wildman–Crippen MR) is 40.2 cm³/mol. The van der Waals surface area contributed by atoms with Crippen molar-refractivity contribution in [1.29, 1.82) is 0 Å². The molecule has 0 spiro atoms. The van der Waals surface area contributed by atoms with E-state index in [0.29, 0.717) is 0 Å². The van der Waals surface area contributed by atoms with Crippen LogP contribution in [0, 0.1) is 0 Å². The van der Waals surface area contributed by atoms with Crippen molar-refractivity contribution in [2.75, 3.05) is 26.2 Å². The monoisotopic (exact) mass is 164 g/mol. The van der Waals surface area contributed by atoms with Crippen LogP contribution < -0.4 is 10.6 Å². The summed E-state index contributed by atoms with van der Waals surface area (Å²) in [4.78, 5) is 0. The van der Waals surface area contributed by atoms with Gasteiger partial charge in [-0.2, -0.15) is 0 Å². The zero-order valence-corrected chi connectivity index (χ0v) is 6.28. The Labute approximate surface area is 62.2 Å². The second-order valence-corrected chi connectivity index (χ2v) is 1.50. The fourth-order valence-corrected chi connectivity index (χ4v) is 0.604. The van der Waals surface area contributed by atoms with E-state index in [0.717, 1.165) is 26.2 Å². The van der Waals surface area contributed by atoms with Crippen molar-refractivity contribution < 1.29 is 0 Å². The first-order valence-corrected chi connectivity index (χ1v) is 2.41. The Balaban J connectivity index is 0. The highest BCUT2D eigenvalue weighted by Gasteiger charge is 1.91. The minimum absolute atomic E-state index is 0. The van der Waals surface area contributed by atoms with Crippen molar-refractivity contribution in [2.45, 2.75) is 0 Å². The summed E-state index contributed by atoms with van der Waals surface area (Å²) < 4.78 is 0. The van der Waals surface area contributed by atoms with Gasteiger partial charge in [0.1, 0.15) is 0 Å². The average Bonchev–Trinajstić information content (AvgIpc) is 1.72. The van der Waals surface area contributed by atoms with Crippen molar-refractivity contribution in [2.24, 2.45) is 0 Å². The molecule has 1 rings (SSSR count). The summed E-state index contributed by atoms with van der Waals surface area (Å²) in [6.07, 6.45) is 0. The molecule has 0 bridgehead atoms. The molecule has 1 saturated heterocycles. The molecule has 0 saturated carbocycles. The average molecular weight is 165 g/mol. The molecular weight excluding hydrogens is 153 g/mol. The smallest absolute Gasteiger partial charge is 0.00772 e. The van der Waals surface area contributed by atoms with Gasteiger partial charge in [-0.3, -0.25) is 0 Å². The van der Waals surface area contributed by atoms with E-state index in [9.17, 15) is 0 Å². The fraction of sp³-hybridized carbons (Fsp3) is 1.00. The summed E-state index contributed by atoms with van der Waals surface area (Å²) in [5.74, 6) is 0. The molecule has 0 aromatic rings. The normalized spacial score (nSPS) is 18.0. The SMILES string of the molecule is Cl.Cl.[13CH2]1[13CH2][15NH][13CH2][13CH2][15NH]1. The summed E-state index contributed by atoms with van der Waals surface area (Å²) in [5, 5.41) is 6.44. The molecule has 52 valence electrons. The molecule has 1 aliphatic heterocycles. The zero-order valence-electron chi connectivity index (χ0n) is 4.64. The van der Waals surface area contributed by atoms with Gasteiger partial charge in [-0.1, -0.05) is 0 Å². The lowest BCUT2D eigenvalue weighted by molar-refractivity contribution is 0.534. The maximum absolute atomic E-state index is 3.22. The zero-order chi connectivity index (χ0) is 4.24. The van der Waals surface area contributed by atoms with Crippen LogP contribution in [-0.4, -0.2) is 26.2 Å². The first-order valence-electron chi connectivity index (χ1n) is 2.41. The van der Waals surface area contributed by atoms with E-state index in [2.05, 4.69) is 10.6 Å². The van der Waals surface area contributed by atoms with Crippen molar-refractivity contribution in [3.63, 3.8) is 0 Å². The lowest BCUT2D eigenvalue weighted by Crippen LogP contribution is -2.39. The van der Waals surface area contributed by atoms with Crippen molar-refractivity contribution in [3.8, 4) is 0 Å². The van der Waals surface area contributed by atoms with Crippen LogP contribution in [0.4, 0.5) is 0 Å². The van der Waals surface area contributed by atoms with Gasteiger partial charge in [-0.15, -0.1) is 24.8 Å². The Morgan fingerprint density at radius 2 is 0.875 bits per heavy atom. The van der Waals surface area contributed by atoms with E-state index in [-0.39, 0.29) is 24.8 Å². The molecule has 0 aromatic heterocycles. The Bertz CT molecular complexity index is 27.5. The van der Waals surface area contributed by atoms with Gasteiger partial charge >= 0.3 is 0 Å². The molecule has 4 heteroatoms. The first kappa shape index (κ1) is 11.3. The standard InChI is InChI=1S/C4H10N2.2ClH/c1-2-6-4-3-5-1;;/h5-6H,1-4H2;2*1H/i1+1,2+1,3+1,4+1,5+1,6+1;;. The van der Waals surface area contributed by atoms with Crippen LogP contribution in [0.5, 0.6) is 0 Å². The molecule has 0 atom stereocenters. The van der Waals surface area contributed by atoms with Crippen LogP contribution in [0.2, 0.25) is 0 Å². The van der Waals surface area contributed by atoms with Crippen LogP contribution in [0.1, 0.15) is 0 Å². The van der Waals surface area contributed by atoms with Gasteiger partial charge in [0.05, 0.1) is 0 Å². The quantitative estimate of drug-likeness (QED) is 0.390. The maximum Gasteiger partial charge on any atom is 0.00772 e. The van der Waals surface area contributed by atoms with Crippen LogP contribution >= 0.6 is 24.8 Å². The van der Waals surface area contributed by atoms with E-state index in [4.69, 9.17) is 0 Å². The molecule has 2 nitrogen and oxygen atoms in total. The molecular formula is C4H12Cl2N2. The Hall–Kier alpha value is 0.500. The van der Waals surface area contributed by atoms with Gasteiger partial charge in [0, 0.05) is 26.2 Å². The molecule has 8 heavy (non-hydrogen) atoms. The van der Waals surface area contributed by atoms with Gasteiger partial charge in [0.15, 0.2) is 0 Å². The highest BCUT2D eigenvalue weighted by Crippen LogP contribution is 1.65. The van der Waals surface area contributed by atoms with E-state index >= 15 is 0 Å². The molecule has 0 aromatic carbocycles. The van der Waals surface area contributed by atoms with Gasteiger partial charge in [-0.25, -0.2) is 0 Å². The number of halogens is 2. The second kappa shape index (κ2) is 7.50. The van der Waals surface area contributed by atoms with Crippen LogP contribution in [0.3, 0.4) is 0 Å². The Morgan fingerprint density at radius 3 is 1.00 bits per heavy atom. The molecule has 1 aliphatic rings. The predicted octanol–water partition coefficient (Wildman–Crippen LogP) is 0.0228. The number of nitrogens with one attached hydrogen (secondary N) is 2. The molecule has 2 N–H and O–H groups in total. The number of hydrogen-bond acceptors (Lipinski definition) is 2. The maximum atomic E-state index is 3.22. The summed E-state index contributed by atoms with van der Waals surface area (Å²) in [6.45, 7) is 4.56. The highest BCUT2D eigenvalue weighted by atomic mass is 35.5. The summed E-state index contributed by atoms with van der Waals surface area (Å²) in [6, 6.07) is 0. The third kappa shape index (κ3) is 4.65. The van der Waals surface area contributed by atoms with Crippen molar-refractivity contribution in [1.82, 2.24) is 10.6 Å². The fourth-order valence-electron chi connectivity index (χ4n) is 0.604. The van der Waals surface area contributed by atoms with Crippen LogP contribution in [0.25, 0.3) is 0 Å². The van der Waals surface area contributed by atoms with Crippen LogP contribution in [-0.2, 0) is 0 Å². The Kier molecular flexibility index (Phi) is 10.6. The largest absolute Gasteiger partial charge is 0.314 e. The topological polar surface area (TPSA) is 24.1 Å².